The maximum Gasteiger partial charge on any atom is 0.231 e. The number of ether oxygens (including phenoxy) is 4. The third kappa shape index (κ3) is 4.17. The van der Waals surface area contributed by atoms with Gasteiger partial charge in [0.1, 0.15) is 0 Å². The molecule has 0 radical (unpaired) electrons. The smallest absolute Gasteiger partial charge is 0.231 e. The molecule has 2 aliphatic rings. The third-order valence-electron chi connectivity index (χ3n) is 4.37. The highest BCUT2D eigenvalue weighted by Gasteiger charge is 2.17. The first-order valence-corrected chi connectivity index (χ1v) is 10.3. The first kappa shape index (κ1) is 19.3. The Bertz CT molecular complexity index is 909. The Labute approximate surface area is 179 Å². The summed E-state index contributed by atoms with van der Waals surface area (Å²) < 4.78 is 23.6. The van der Waals surface area contributed by atoms with Crippen molar-refractivity contribution >= 4 is 43.3 Å². The van der Waals surface area contributed by atoms with Crippen LogP contribution in [0.4, 0.5) is 0 Å². The van der Waals surface area contributed by atoms with Gasteiger partial charge in [-0.15, -0.1) is 0 Å². The van der Waals surface area contributed by atoms with E-state index in [1.807, 2.05) is 38.1 Å². The molecule has 0 bridgehead atoms. The largest absolute Gasteiger partial charge is 0.454 e. The number of nitrogens with zero attached hydrogens (tertiary/aromatic N) is 2. The van der Waals surface area contributed by atoms with Crippen LogP contribution in [0.5, 0.6) is 23.0 Å². The first-order valence-electron chi connectivity index (χ1n) is 8.72. The van der Waals surface area contributed by atoms with Crippen molar-refractivity contribution in [1.29, 1.82) is 0 Å². The molecule has 0 aliphatic carbocycles. The monoisotopic (exact) mass is 508 g/mol. The summed E-state index contributed by atoms with van der Waals surface area (Å²) in [5, 5.41) is 8.79. The molecule has 0 N–H and O–H groups in total. The Hall–Kier alpha value is -2.06. The van der Waals surface area contributed by atoms with Gasteiger partial charge in [0.05, 0.1) is 0 Å². The Morgan fingerprint density at radius 2 is 1.07 bits per heavy atom. The summed E-state index contributed by atoms with van der Waals surface area (Å²) in [6, 6.07) is 7.81. The van der Waals surface area contributed by atoms with E-state index in [0.717, 1.165) is 54.5 Å². The molecule has 2 aliphatic heterocycles. The zero-order valence-corrected chi connectivity index (χ0v) is 18.6. The first-order chi connectivity index (χ1) is 13.5. The van der Waals surface area contributed by atoms with Crippen molar-refractivity contribution in [3.8, 4) is 23.0 Å². The van der Waals surface area contributed by atoms with Crippen LogP contribution in [0.1, 0.15) is 25.0 Å². The van der Waals surface area contributed by atoms with Crippen molar-refractivity contribution in [3.05, 3.63) is 44.3 Å². The molecule has 2 aromatic carbocycles. The number of hydrogen-bond donors (Lipinski definition) is 0. The highest BCUT2D eigenvalue weighted by Crippen LogP contribution is 2.38. The van der Waals surface area contributed by atoms with Crippen LogP contribution >= 0.6 is 31.9 Å². The van der Waals surface area contributed by atoms with E-state index in [2.05, 4.69) is 42.1 Å². The van der Waals surface area contributed by atoms with Crippen LogP contribution in [0.2, 0.25) is 0 Å². The summed E-state index contributed by atoms with van der Waals surface area (Å²) in [6.07, 6.45) is 1.34. The van der Waals surface area contributed by atoms with Gasteiger partial charge in [-0.3, -0.25) is 0 Å². The number of hydrogen-bond acceptors (Lipinski definition) is 6. The van der Waals surface area contributed by atoms with Crippen LogP contribution in [0.25, 0.3) is 0 Å². The van der Waals surface area contributed by atoms with Crippen LogP contribution in [-0.2, 0) is 12.8 Å². The molecule has 0 fully saturated rings. The lowest BCUT2D eigenvalue weighted by Gasteiger charge is -2.07. The van der Waals surface area contributed by atoms with Crippen molar-refractivity contribution < 1.29 is 18.9 Å². The van der Waals surface area contributed by atoms with E-state index in [1.54, 1.807) is 0 Å². The lowest BCUT2D eigenvalue weighted by Crippen LogP contribution is -2.01. The highest BCUT2D eigenvalue weighted by atomic mass is 79.9. The van der Waals surface area contributed by atoms with Crippen LogP contribution in [0.3, 0.4) is 0 Å². The van der Waals surface area contributed by atoms with Gasteiger partial charge in [-0.25, -0.2) is 0 Å². The second-order valence-electron chi connectivity index (χ2n) is 6.62. The van der Waals surface area contributed by atoms with Gasteiger partial charge in [-0.1, -0.05) is 31.9 Å². The molecule has 0 spiro atoms. The average Bonchev–Trinajstić information content (AvgIpc) is 3.29. The van der Waals surface area contributed by atoms with Gasteiger partial charge >= 0.3 is 0 Å². The van der Waals surface area contributed by atoms with E-state index < -0.39 is 0 Å². The molecule has 0 aromatic heterocycles. The third-order valence-corrected chi connectivity index (χ3v) is 5.84. The Balaban J connectivity index is 1.45. The fourth-order valence-electron chi connectivity index (χ4n) is 2.98. The predicted molar refractivity (Wildman–Crippen MR) is 114 cm³/mol. The maximum absolute atomic E-state index is 5.45. The number of benzene rings is 2. The van der Waals surface area contributed by atoms with E-state index >= 15 is 0 Å². The molecule has 6 nitrogen and oxygen atoms in total. The normalized spacial score (nSPS) is 15.3. The van der Waals surface area contributed by atoms with Crippen molar-refractivity contribution in [2.24, 2.45) is 10.2 Å². The van der Waals surface area contributed by atoms with Crippen LogP contribution in [0, 0.1) is 0 Å². The molecule has 4 rings (SSSR count). The highest BCUT2D eigenvalue weighted by molar-refractivity contribution is 9.10. The van der Waals surface area contributed by atoms with Crippen molar-refractivity contribution in [1.82, 2.24) is 0 Å². The number of halogens is 2. The fourth-order valence-corrected chi connectivity index (χ4v) is 3.91. The molecule has 0 saturated carbocycles. The van der Waals surface area contributed by atoms with Gasteiger partial charge in [0.15, 0.2) is 23.0 Å². The lowest BCUT2D eigenvalue weighted by molar-refractivity contribution is 0.173. The van der Waals surface area contributed by atoms with Crippen LogP contribution in [0.15, 0.2) is 43.4 Å². The molecule has 0 saturated heterocycles. The minimum Gasteiger partial charge on any atom is -0.454 e. The molecular weight excluding hydrogens is 492 g/mol. The molecule has 2 heterocycles. The summed E-state index contributed by atoms with van der Waals surface area (Å²) in [4.78, 5) is 0. The van der Waals surface area contributed by atoms with Crippen LogP contribution < -0.4 is 18.9 Å². The Kier molecular flexibility index (Phi) is 5.59. The minimum absolute atomic E-state index is 0.261. The summed E-state index contributed by atoms with van der Waals surface area (Å²) in [6.45, 7) is 4.45. The second kappa shape index (κ2) is 8.13. The van der Waals surface area contributed by atoms with E-state index in [9.17, 15) is 0 Å². The van der Waals surface area contributed by atoms with Gasteiger partial charge < -0.3 is 18.9 Å². The number of fused-ring (bicyclic) bond motifs is 2. The lowest BCUT2D eigenvalue weighted by atomic mass is 10.1. The average molecular weight is 510 g/mol. The fraction of sp³-hybridized carbons (Fsp3) is 0.300. The van der Waals surface area contributed by atoms with Crippen LogP contribution in [-0.4, -0.2) is 25.0 Å². The van der Waals surface area contributed by atoms with Gasteiger partial charge in [-0.2, -0.15) is 10.2 Å². The molecule has 2 aromatic rings. The van der Waals surface area contributed by atoms with Gasteiger partial charge in [0.2, 0.25) is 13.6 Å². The van der Waals surface area contributed by atoms with E-state index in [4.69, 9.17) is 18.9 Å². The molecule has 146 valence electrons. The molecule has 0 unspecified atom stereocenters. The topological polar surface area (TPSA) is 61.6 Å². The van der Waals surface area contributed by atoms with Crippen molar-refractivity contribution in [3.63, 3.8) is 0 Å². The van der Waals surface area contributed by atoms with Gasteiger partial charge in [-0.05, 0) is 49.2 Å². The second-order valence-corrected chi connectivity index (χ2v) is 8.33. The summed E-state index contributed by atoms with van der Waals surface area (Å²) in [5.74, 6) is 3.04. The minimum atomic E-state index is 0.261. The molecule has 0 amide bonds. The van der Waals surface area contributed by atoms with E-state index in [0.29, 0.717) is 12.8 Å². The van der Waals surface area contributed by atoms with E-state index in [1.165, 1.54) is 0 Å². The zero-order valence-electron chi connectivity index (χ0n) is 15.4. The zero-order chi connectivity index (χ0) is 19.7. The van der Waals surface area contributed by atoms with Crippen molar-refractivity contribution in [2.75, 3.05) is 13.6 Å². The molecular formula is C20H18Br2N2O4. The quantitative estimate of drug-likeness (QED) is 0.405. The van der Waals surface area contributed by atoms with Crippen molar-refractivity contribution in [2.45, 2.75) is 26.7 Å². The van der Waals surface area contributed by atoms with Gasteiger partial charge in [0.25, 0.3) is 0 Å². The molecule has 28 heavy (non-hydrogen) atoms. The predicted octanol–water partition coefficient (Wildman–Crippen LogP) is 5.29. The SMILES string of the molecule is C/C(Cc1cc2c(cc1Br)OCO2)=N/N=C(/C)Cc1cc2c(cc1Br)OCO2. The summed E-state index contributed by atoms with van der Waals surface area (Å²) in [7, 11) is 0. The molecule has 0 atom stereocenters. The summed E-state index contributed by atoms with van der Waals surface area (Å²) >= 11 is 7.16. The maximum atomic E-state index is 5.45. The van der Waals surface area contributed by atoms with Gasteiger partial charge in [0, 0.05) is 33.2 Å². The Morgan fingerprint density at radius 1 is 0.714 bits per heavy atom. The number of rotatable bonds is 5. The standard InChI is InChI=1S/C20H18Br2N2O4/c1-11(3-13-5-17-19(7-15(13)21)27-9-25-17)23-24-12(2)4-14-6-18-20(8-16(14)22)28-10-26-18/h5-8H,3-4,9-10H2,1-2H3/b23-11-,24-12-. The Morgan fingerprint density at radius 3 is 1.46 bits per heavy atom. The van der Waals surface area contributed by atoms with E-state index in [-0.39, 0.29) is 13.6 Å². The summed E-state index contributed by atoms with van der Waals surface area (Å²) in [5.41, 5.74) is 3.97. The molecule has 8 heteroatoms.